The van der Waals surface area contributed by atoms with Gasteiger partial charge >= 0.3 is 0 Å². The molecule has 0 spiro atoms. The van der Waals surface area contributed by atoms with Crippen LogP contribution in [0.3, 0.4) is 0 Å². The van der Waals surface area contributed by atoms with Crippen LogP contribution in [0.15, 0.2) is 66.1 Å². The van der Waals surface area contributed by atoms with E-state index in [2.05, 4.69) is 9.71 Å². The van der Waals surface area contributed by atoms with Crippen LogP contribution in [-0.2, 0) is 23.1 Å². The van der Waals surface area contributed by atoms with Crippen molar-refractivity contribution >= 4 is 33.2 Å². The lowest BCUT2D eigenvalue weighted by Crippen LogP contribution is -2.23. The van der Waals surface area contributed by atoms with Crippen molar-refractivity contribution in [3.63, 3.8) is 0 Å². The van der Waals surface area contributed by atoms with Crippen LogP contribution in [0.1, 0.15) is 11.1 Å². The second-order valence-corrected chi connectivity index (χ2v) is 7.95. The van der Waals surface area contributed by atoms with E-state index in [1.54, 1.807) is 18.6 Å². The molecule has 0 saturated heterocycles. The Balaban J connectivity index is 1.69. The number of nitrogens with zero attached hydrogens (tertiary/aromatic N) is 2. The maximum absolute atomic E-state index is 12.4. The van der Waals surface area contributed by atoms with Gasteiger partial charge in [0, 0.05) is 25.5 Å². The summed E-state index contributed by atoms with van der Waals surface area (Å²) in [5.41, 5.74) is 1.93. The van der Waals surface area contributed by atoms with E-state index in [-0.39, 0.29) is 21.5 Å². The average molecular weight is 396 g/mol. The van der Waals surface area contributed by atoms with Crippen molar-refractivity contribution in [1.29, 1.82) is 0 Å². The van der Waals surface area contributed by atoms with Gasteiger partial charge in [-0.25, -0.2) is 18.1 Å². The molecule has 3 rings (SSSR count). The summed E-state index contributed by atoms with van der Waals surface area (Å²) < 4.78 is 29.4. The van der Waals surface area contributed by atoms with Gasteiger partial charge in [0.2, 0.25) is 10.0 Å². The molecule has 0 unspecified atom stereocenters. The average Bonchev–Trinajstić information content (AvgIpc) is 3.07. The minimum atomic E-state index is -3.80. The molecule has 0 amide bonds. The molecule has 5 nitrogen and oxygen atoms in total. The van der Waals surface area contributed by atoms with Gasteiger partial charge < -0.3 is 4.57 Å². The molecule has 8 heteroatoms. The summed E-state index contributed by atoms with van der Waals surface area (Å²) in [7, 11) is -3.80. The molecule has 0 atom stereocenters. The Bertz CT molecular complexity index is 936. The summed E-state index contributed by atoms with van der Waals surface area (Å²) >= 11 is 11.9. The molecule has 25 heavy (non-hydrogen) atoms. The second kappa shape index (κ2) is 7.58. The topological polar surface area (TPSA) is 64.0 Å². The van der Waals surface area contributed by atoms with Crippen LogP contribution in [0.2, 0.25) is 10.0 Å². The number of rotatable bonds is 6. The number of nitrogens with one attached hydrogen (secondary N) is 1. The van der Waals surface area contributed by atoms with E-state index in [9.17, 15) is 8.42 Å². The van der Waals surface area contributed by atoms with Gasteiger partial charge in [0.05, 0.1) is 16.4 Å². The van der Waals surface area contributed by atoms with Crippen molar-refractivity contribution in [3.8, 4) is 0 Å². The van der Waals surface area contributed by atoms with Gasteiger partial charge in [-0.05, 0) is 23.3 Å². The quantitative estimate of drug-likeness (QED) is 0.691. The number of hydrogen-bond donors (Lipinski definition) is 1. The molecular formula is C17H15Cl2N3O2S. The van der Waals surface area contributed by atoms with Crippen LogP contribution in [-0.4, -0.2) is 18.0 Å². The Kier molecular flexibility index (Phi) is 5.44. The third kappa shape index (κ3) is 4.41. The van der Waals surface area contributed by atoms with Gasteiger partial charge in [-0.2, -0.15) is 0 Å². The highest BCUT2D eigenvalue weighted by Gasteiger charge is 2.21. The SMILES string of the molecule is O=S(=O)(NCc1ccc(Cn2ccnc2)cc1)c1c(Cl)cccc1Cl. The monoisotopic (exact) mass is 395 g/mol. The Morgan fingerprint density at radius 2 is 1.64 bits per heavy atom. The predicted octanol–water partition coefficient (Wildman–Crippen LogP) is 3.72. The molecule has 0 bridgehead atoms. The molecule has 1 N–H and O–H groups in total. The molecule has 3 aromatic rings. The van der Waals surface area contributed by atoms with Crippen molar-refractivity contribution in [3.05, 3.63) is 82.4 Å². The third-order valence-electron chi connectivity index (χ3n) is 3.60. The van der Waals surface area contributed by atoms with Crippen LogP contribution in [0.5, 0.6) is 0 Å². The maximum atomic E-state index is 12.4. The fraction of sp³-hybridized carbons (Fsp3) is 0.118. The minimum absolute atomic E-state index is 0.0932. The first-order chi connectivity index (χ1) is 12.0. The van der Waals surface area contributed by atoms with Crippen molar-refractivity contribution < 1.29 is 8.42 Å². The molecule has 2 aromatic carbocycles. The molecule has 130 valence electrons. The number of hydrogen-bond acceptors (Lipinski definition) is 3. The van der Waals surface area contributed by atoms with Gasteiger partial charge in [0.1, 0.15) is 4.90 Å². The minimum Gasteiger partial charge on any atom is -0.333 e. The molecule has 0 aliphatic rings. The summed E-state index contributed by atoms with van der Waals surface area (Å²) in [6, 6.07) is 12.2. The van der Waals surface area contributed by atoms with Crippen LogP contribution >= 0.6 is 23.2 Å². The lowest BCUT2D eigenvalue weighted by Gasteiger charge is -2.10. The molecular weight excluding hydrogens is 381 g/mol. The highest BCUT2D eigenvalue weighted by Crippen LogP contribution is 2.28. The van der Waals surface area contributed by atoms with E-state index < -0.39 is 10.0 Å². The zero-order chi connectivity index (χ0) is 17.9. The smallest absolute Gasteiger partial charge is 0.243 e. The molecule has 0 aliphatic carbocycles. The lowest BCUT2D eigenvalue weighted by molar-refractivity contribution is 0.581. The first-order valence-electron chi connectivity index (χ1n) is 7.43. The molecule has 0 saturated carbocycles. The number of aromatic nitrogens is 2. The fourth-order valence-electron chi connectivity index (χ4n) is 2.34. The second-order valence-electron chi connectivity index (χ2n) is 5.43. The van der Waals surface area contributed by atoms with Gasteiger partial charge in [-0.1, -0.05) is 53.5 Å². The summed E-state index contributed by atoms with van der Waals surface area (Å²) in [6.45, 7) is 0.858. The highest BCUT2D eigenvalue weighted by molar-refractivity contribution is 7.89. The summed E-state index contributed by atoms with van der Waals surface area (Å²) in [6.07, 6.45) is 5.35. The largest absolute Gasteiger partial charge is 0.333 e. The molecule has 1 aromatic heterocycles. The number of halogens is 2. The first kappa shape index (κ1) is 17.9. The predicted molar refractivity (Wildman–Crippen MR) is 98.3 cm³/mol. The highest BCUT2D eigenvalue weighted by atomic mass is 35.5. The number of benzene rings is 2. The number of sulfonamides is 1. The molecule has 0 radical (unpaired) electrons. The Labute approximate surface area is 156 Å². The van der Waals surface area contributed by atoms with Crippen molar-refractivity contribution in [2.24, 2.45) is 0 Å². The van der Waals surface area contributed by atoms with Crippen molar-refractivity contribution in [2.45, 2.75) is 18.0 Å². The molecule has 1 heterocycles. The van der Waals surface area contributed by atoms with Gasteiger partial charge in [0.25, 0.3) is 0 Å². The van der Waals surface area contributed by atoms with E-state index in [4.69, 9.17) is 23.2 Å². The Hall–Kier alpha value is -1.86. The Morgan fingerprint density at radius 3 is 2.24 bits per heavy atom. The van der Waals surface area contributed by atoms with E-state index in [0.717, 1.165) is 11.1 Å². The van der Waals surface area contributed by atoms with Gasteiger partial charge in [-0.3, -0.25) is 0 Å². The van der Waals surface area contributed by atoms with Crippen LogP contribution in [0.25, 0.3) is 0 Å². The van der Waals surface area contributed by atoms with Crippen molar-refractivity contribution in [2.75, 3.05) is 0 Å². The van der Waals surface area contributed by atoms with Gasteiger partial charge in [-0.15, -0.1) is 0 Å². The van der Waals surface area contributed by atoms with E-state index >= 15 is 0 Å². The lowest BCUT2D eigenvalue weighted by atomic mass is 10.1. The standard InChI is InChI=1S/C17H15Cl2N3O2S/c18-15-2-1-3-16(19)17(15)25(23,24)21-10-13-4-6-14(7-5-13)11-22-9-8-20-12-22/h1-9,12,21H,10-11H2. The van der Waals surface area contributed by atoms with Crippen LogP contribution in [0, 0.1) is 0 Å². The number of imidazole rings is 1. The van der Waals surface area contributed by atoms with E-state index in [1.807, 2.05) is 35.0 Å². The zero-order valence-corrected chi connectivity index (χ0v) is 15.4. The van der Waals surface area contributed by atoms with Gasteiger partial charge in [0.15, 0.2) is 0 Å². The summed E-state index contributed by atoms with van der Waals surface area (Å²) in [4.78, 5) is 3.90. The summed E-state index contributed by atoms with van der Waals surface area (Å²) in [5, 5.41) is 0.186. The van der Waals surface area contributed by atoms with Crippen LogP contribution in [0.4, 0.5) is 0 Å². The fourth-order valence-corrected chi connectivity index (χ4v) is 4.50. The van der Waals surface area contributed by atoms with E-state index in [0.29, 0.717) is 6.54 Å². The molecule has 0 fully saturated rings. The summed E-state index contributed by atoms with van der Waals surface area (Å²) in [5.74, 6) is 0. The third-order valence-corrected chi connectivity index (χ3v) is 5.96. The normalized spacial score (nSPS) is 11.6. The Morgan fingerprint density at radius 1 is 1.00 bits per heavy atom. The maximum Gasteiger partial charge on any atom is 0.243 e. The molecule has 0 aliphatic heterocycles. The first-order valence-corrected chi connectivity index (χ1v) is 9.67. The van der Waals surface area contributed by atoms with E-state index in [1.165, 1.54) is 12.1 Å². The van der Waals surface area contributed by atoms with Crippen molar-refractivity contribution in [1.82, 2.24) is 14.3 Å². The zero-order valence-electron chi connectivity index (χ0n) is 13.1. The van der Waals surface area contributed by atoms with Crippen LogP contribution < -0.4 is 4.72 Å².